The molecular weight excluding hydrogens is 342 g/mol. The van der Waals surface area contributed by atoms with Gasteiger partial charge in [0, 0.05) is 11.5 Å². The molecule has 3 aromatic rings. The molecule has 1 aromatic carbocycles. The minimum Gasteiger partial charge on any atom is -0.494 e. The lowest BCUT2D eigenvalue weighted by Crippen LogP contribution is -2.10. The third-order valence-electron chi connectivity index (χ3n) is 3.52. The van der Waals surface area contributed by atoms with E-state index < -0.39 is 23.0 Å². The van der Waals surface area contributed by atoms with Crippen molar-refractivity contribution >= 4 is 28.3 Å². The standard InChI is InChI=1S/C16H11ClF2N2O3/c1-23-10-5-11(24-2)15(19)13(14(10)18)16(22)8-3-7-4-12(17)20-6-9(7)21-8/h3-6,21H,1-2H3. The molecule has 0 radical (unpaired) electrons. The van der Waals surface area contributed by atoms with Crippen LogP contribution in [0, 0.1) is 11.6 Å². The average Bonchev–Trinajstić information content (AvgIpc) is 2.98. The number of fused-ring (bicyclic) bond motifs is 1. The van der Waals surface area contributed by atoms with Crippen LogP contribution in [0.4, 0.5) is 8.78 Å². The molecule has 3 rings (SSSR count). The Morgan fingerprint density at radius 2 is 1.75 bits per heavy atom. The number of ether oxygens (including phenoxy) is 2. The van der Waals surface area contributed by atoms with E-state index in [2.05, 4.69) is 9.97 Å². The number of aromatic nitrogens is 2. The van der Waals surface area contributed by atoms with Crippen LogP contribution in [0.5, 0.6) is 11.5 Å². The van der Waals surface area contributed by atoms with Gasteiger partial charge in [-0.15, -0.1) is 0 Å². The third-order valence-corrected chi connectivity index (χ3v) is 3.72. The van der Waals surface area contributed by atoms with Crippen molar-refractivity contribution in [3.63, 3.8) is 0 Å². The summed E-state index contributed by atoms with van der Waals surface area (Å²) in [5.74, 6) is -3.67. The second-order valence-corrected chi connectivity index (χ2v) is 5.28. The van der Waals surface area contributed by atoms with Gasteiger partial charge >= 0.3 is 0 Å². The number of hydrogen-bond donors (Lipinski definition) is 1. The number of benzene rings is 1. The Balaban J connectivity index is 2.18. The number of halogens is 3. The Bertz CT molecular complexity index is 928. The summed E-state index contributed by atoms with van der Waals surface area (Å²) in [6.45, 7) is 0. The molecule has 124 valence electrons. The Hall–Kier alpha value is -2.67. The number of rotatable bonds is 4. The number of H-pyrrole nitrogens is 1. The Morgan fingerprint density at radius 1 is 1.12 bits per heavy atom. The second kappa shape index (κ2) is 6.09. The van der Waals surface area contributed by atoms with Crippen LogP contribution in [-0.4, -0.2) is 30.0 Å². The molecule has 0 saturated carbocycles. The predicted molar refractivity (Wildman–Crippen MR) is 84.0 cm³/mol. The molecule has 2 aromatic heterocycles. The zero-order valence-electron chi connectivity index (χ0n) is 12.6. The van der Waals surface area contributed by atoms with E-state index in [-0.39, 0.29) is 22.3 Å². The highest BCUT2D eigenvalue weighted by Crippen LogP contribution is 2.33. The summed E-state index contributed by atoms with van der Waals surface area (Å²) in [5, 5.41) is 0.829. The van der Waals surface area contributed by atoms with Crippen LogP contribution in [-0.2, 0) is 0 Å². The minimum absolute atomic E-state index is 0.0119. The number of hydrogen-bond acceptors (Lipinski definition) is 4. The predicted octanol–water partition coefficient (Wildman–Crippen LogP) is 3.74. The molecule has 2 heterocycles. The van der Waals surface area contributed by atoms with Crippen molar-refractivity contribution < 1.29 is 23.0 Å². The van der Waals surface area contributed by atoms with E-state index >= 15 is 0 Å². The molecule has 0 bridgehead atoms. The summed E-state index contributed by atoms with van der Waals surface area (Å²) in [5.41, 5.74) is -0.266. The lowest BCUT2D eigenvalue weighted by atomic mass is 10.1. The van der Waals surface area contributed by atoms with Gasteiger partial charge in [0.15, 0.2) is 23.1 Å². The zero-order valence-corrected chi connectivity index (χ0v) is 13.4. The van der Waals surface area contributed by atoms with Crippen molar-refractivity contribution in [3.8, 4) is 11.5 Å². The molecule has 24 heavy (non-hydrogen) atoms. The summed E-state index contributed by atoms with van der Waals surface area (Å²) >= 11 is 5.79. The molecule has 5 nitrogen and oxygen atoms in total. The molecule has 0 saturated heterocycles. The highest BCUT2D eigenvalue weighted by molar-refractivity contribution is 6.30. The summed E-state index contributed by atoms with van der Waals surface area (Å²) < 4.78 is 38.5. The number of methoxy groups -OCH3 is 2. The Kier molecular flexibility index (Phi) is 4.11. The van der Waals surface area contributed by atoms with Crippen molar-refractivity contribution in [2.24, 2.45) is 0 Å². The zero-order chi connectivity index (χ0) is 17.4. The van der Waals surface area contributed by atoms with E-state index in [0.717, 1.165) is 6.07 Å². The fourth-order valence-electron chi connectivity index (χ4n) is 2.35. The SMILES string of the molecule is COc1cc(OC)c(F)c(C(=O)c2cc3cc(Cl)ncc3[nH]2)c1F. The van der Waals surface area contributed by atoms with Crippen molar-refractivity contribution in [2.75, 3.05) is 14.2 Å². The number of nitrogens with one attached hydrogen (secondary N) is 1. The van der Waals surface area contributed by atoms with E-state index in [1.807, 2.05) is 0 Å². The summed E-state index contributed by atoms with van der Waals surface area (Å²) in [4.78, 5) is 19.2. The molecule has 0 aliphatic heterocycles. The maximum Gasteiger partial charge on any atom is 0.215 e. The lowest BCUT2D eigenvalue weighted by Gasteiger charge is -2.11. The van der Waals surface area contributed by atoms with Crippen LogP contribution in [0.2, 0.25) is 5.15 Å². The van der Waals surface area contributed by atoms with Crippen LogP contribution >= 0.6 is 11.6 Å². The van der Waals surface area contributed by atoms with Crippen LogP contribution in [0.25, 0.3) is 10.9 Å². The van der Waals surface area contributed by atoms with E-state index in [4.69, 9.17) is 21.1 Å². The molecular formula is C16H11ClF2N2O3. The maximum atomic E-state index is 14.4. The molecule has 8 heteroatoms. The summed E-state index contributed by atoms with van der Waals surface area (Å²) in [6, 6.07) is 4.01. The highest BCUT2D eigenvalue weighted by atomic mass is 35.5. The van der Waals surface area contributed by atoms with Crippen LogP contribution in [0.1, 0.15) is 16.1 Å². The van der Waals surface area contributed by atoms with Gasteiger partial charge in [0.25, 0.3) is 0 Å². The molecule has 0 fully saturated rings. The normalized spacial score (nSPS) is 10.9. The second-order valence-electron chi connectivity index (χ2n) is 4.89. The van der Waals surface area contributed by atoms with E-state index in [1.165, 1.54) is 32.5 Å². The fraction of sp³-hybridized carbons (Fsp3) is 0.125. The Morgan fingerprint density at radius 3 is 2.33 bits per heavy atom. The number of ketones is 1. The number of nitrogens with zero attached hydrogens (tertiary/aromatic N) is 1. The smallest absolute Gasteiger partial charge is 0.215 e. The average molecular weight is 353 g/mol. The number of pyridine rings is 1. The first kappa shape index (κ1) is 16.2. The van der Waals surface area contributed by atoms with Gasteiger partial charge in [-0.1, -0.05) is 11.6 Å². The first-order valence-electron chi connectivity index (χ1n) is 6.75. The minimum atomic E-state index is -1.10. The van der Waals surface area contributed by atoms with Crippen molar-refractivity contribution in [1.29, 1.82) is 0 Å². The van der Waals surface area contributed by atoms with Gasteiger partial charge in [0.1, 0.15) is 10.7 Å². The van der Waals surface area contributed by atoms with Crippen LogP contribution < -0.4 is 9.47 Å². The molecule has 0 amide bonds. The largest absolute Gasteiger partial charge is 0.494 e. The molecule has 0 aliphatic rings. The summed E-state index contributed by atoms with van der Waals surface area (Å²) in [6.07, 6.45) is 1.42. The van der Waals surface area contributed by atoms with E-state index in [1.54, 1.807) is 0 Å². The monoisotopic (exact) mass is 352 g/mol. The lowest BCUT2D eigenvalue weighted by molar-refractivity contribution is 0.102. The van der Waals surface area contributed by atoms with Gasteiger partial charge in [-0.25, -0.2) is 13.8 Å². The van der Waals surface area contributed by atoms with Gasteiger partial charge in [-0.05, 0) is 12.1 Å². The van der Waals surface area contributed by atoms with Gasteiger partial charge < -0.3 is 14.5 Å². The molecule has 0 spiro atoms. The third kappa shape index (κ3) is 2.56. The quantitative estimate of drug-likeness (QED) is 0.574. The first-order valence-corrected chi connectivity index (χ1v) is 7.13. The fourth-order valence-corrected chi connectivity index (χ4v) is 2.51. The first-order chi connectivity index (χ1) is 11.5. The van der Waals surface area contributed by atoms with Crippen molar-refractivity contribution in [3.05, 3.63) is 52.4 Å². The molecule has 1 N–H and O–H groups in total. The maximum absolute atomic E-state index is 14.4. The number of carbonyl (C=O) groups excluding carboxylic acids is 1. The topological polar surface area (TPSA) is 64.2 Å². The van der Waals surface area contributed by atoms with Crippen LogP contribution in [0.3, 0.4) is 0 Å². The molecule has 0 atom stereocenters. The summed E-state index contributed by atoms with van der Waals surface area (Å²) in [7, 11) is 2.42. The molecule has 0 aliphatic carbocycles. The van der Waals surface area contributed by atoms with Gasteiger partial charge in [-0.3, -0.25) is 4.79 Å². The van der Waals surface area contributed by atoms with Crippen LogP contribution in [0.15, 0.2) is 24.4 Å². The number of carbonyl (C=O) groups is 1. The molecule has 0 unspecified atom stereocenters. The van der Waals surface area contributed by atoms with Crippen molar-refractivity contribution in [1.82, 2.24) is 9.97 Å². The van der Waals surface area contributed by atoms with E-state index in [9.17, 15) is 13.6 Å². The van der Waals surface area contributed by atoms with Crippen molar-refractivity contribution in [2.45, 2.75) is 0 Å². The van der Waals surface area contributed by atoms with Gasteiger partial charge in [0.05, 0.1) is 31.6 Å². The Labute approximate surface area is 140 Å². The van der Waals surface area contributed by atoms with Gasteiger partial charge in [0.2, 0.25) is 5.78 Å². The number of aromatic amines is 1. The highest BCUT2D eigenvalue weighted by Gasteiger charge is 2.27. The van der Waals surface area contributed by atoms with E-state index in [0.29, 0.717) is 10.9 Å². The van der Waals surface area contributed by atoms with Gasteiger partial charge in [-0.2, -0.15) is 0 Å².